The lowest BCUT2D eigenvalue weighted by Crippen LogP contribution is -2.11. The summed E-state index contributed by atoms with van der Waals surface area (Å²) >= 11 is 0. The average molecular weight is 194 g/mol. The molecule has 0 amide bonds. The molecule has 78 valence electrons. The molecule has 0 aliphatic carbocycles. The van der Waals surface area contributed by atoms with E-state index in [2.05, 4.69) is 11.9 Å². The summed E-state index contributed by atoms with van der Waals surface area (Å²) in [5.74, 6) is 0.689. The van der Waals surface area contributed by atoms with Gasteiger partial charge in [-0.1, -0.05) is 13.0 Å². The minimum Gasteiger partial charge on any atom is -0.475 e. The van der Waals surface area contributed by atoms with Crippen LogP contribution in [0.4, 0.5) is 0 Å². The van der Waals surface area contributed by atoms with Crippen LogP contribution in [0.15, 0.2) is 12.1 Å². The highest BCUT2D eigenvalue weighted by Crippen LogP contribution is 2.13. The fourth-order valence-electron chi connectivity index (χ4n) is 1.14. The van der Waals surface area contributed by atoms with E-state index >= 15 is 0 Å². The van der Waals surface area contributed by atoms with Gasteiger partial charge < -0.3 is 10.5 Å². The second-order valence-electron chi connectivity index (χ2n) is 3.43. The van der Waals surface area contributed by atoms with Gasteiger partial charge in [0, 0.05) is 18.3 Å². The van der Waals surface area contributed by atoms with E-state index in [1.807, 2.05) is 26.0 Å². The minimum atomic E-state index is 0.214. The molecule has 1 atom stereocenters. The van der Waals surface area contributed by atoms with E-state index in [1.54, 1.807) is 0 Å². The van der Waals surface area contributed by atoms with Crippen LogP contribution in [0.2, 0.25) is 0 Å². The van der Waals surface area contributed by atoms with Crippen LogP contribution in [-0.4, -0.2) is 11.1 Å². The van der Waals surface area contributed by atoms with Gasteiger partial charge in [0.15, 0.2) is 0 Å². The van der Waals surface area contributed by atoms with Crippen LogP contribution >= 0.6 is 0 Å². The maximum atomic E-state index is 5.59. The molecule has 14 heavy (non-hydrogen) atoms. The number of hydrogen-bond acceptors (Lipinski definition) is 3. The molecule has 1 aromatic heterocycles. The maximum absolute atomic E-state index is 5.59. The smallest absolute Gasteiger partial charge is 0.213 e. The Labute approximate surface area is 85.3 Å². The fourth-order valence-corrected chi connectivity index (χ4v) is 1.14. The van der Waals surface area contributed by atoms with Gasteiger partial charge in [-0.25, -0.2) is 4.98 Å². The van der Waals surface area contributed by atoms with Gasteiger partial charge in [0.2, 0.25) is 5.88 Å². The van der Waals surface area contributed by atoms with Crippen LogP contribution in [0.25, 0.3) is 0 Å². The molecular formula is C11H18N2O. The lowest BCUT2D eigenvalue weighted by Gasteiger charge is -2.12. The van der Waals surface area contributed by atoms with Crippen molar-refractivity contribution < 1.29 is 4.74 Å². The molecule has 0 saturated heterocycles. The molecule has 3 nitrogen and oxygen atoms in total. The Morgan fingerprint density at radius 2 is 2.21 bits per heavy atom. The molecule has 1 aromatic rings. The monoisotopic (exact) mass is 194 g/mol. The summed E-state index contributed by atoms with van der Waals surface area (Å²) in [6.07, 6.45) is 1.20. The van der Waals surface area contributed by atoms with Gasteiger partial charge in [-0.05, 0) is 25.8 Å². The summed E-state index contributed by atoms with van der Waals surface area (Å²) in [7, 11) is 0. The van der Waals surface area contributed by atoms with Crippen molar-refractivity contribution in [2.45, 2.75) is 39.8 Å². The summed E-state index contributed by atoms with van der Waals surface area (Å²) in [6.45, 7) is 6.60. The minimum absolute atomic E-state index is 0.214. The Kier molecular flexibility index (Phi) is 3.89. The zero-order valence-corrected chi connectivity index (χ0v) is 9.08. The van der Waals surface area contributed by atoms with Crippen molar-refractivity contribution in [2.75, 3.05) is 0 Å². The van der Waals surface area contributed by atoms with Crippen LogP contribution in [0.5, 0.6) is 5.88 Å². The van der Waals surface area contributed by atoms with E-state index in [0.717, 1.165) is 17.7 Å². The van der Waals surface area contributed by atoms with Crippen molar-refractivity contribution in [1.82, 2.24) is 4.98 Å². The van der Waals surface area contributed by atoms with Gasteiger partial charge in [-0.15, -0.1) is 0 Å². The lowest BCUT2D eigenvalue weighted by molar-refractivity contribution is 0.208. The number of hydrogen-bond donors (Lipinski definition) is 1. The van der Waals surface area contributed by atoms with Crippen molar-refractivity contribution in [3.05, 3.63) is 23.4 Å². The molecule has 0 spiro atoms. The molecule has 2 N–H and O–H groups in total. The molecule has 0 aliphatic heterocycles. The zero-order chi connectivity index (χ0) is 10.6. The van der Waals surface area contributed by atoms with Crippen molar-refractivity contribution in [3.8, 4) is 5.88 Å². The normalized spacial score (nSPS) is 12.6. The molecular weight excluding hydrogens is 176 g/mol. The highest BCUT2D eigenvalue weighted by atomic mass is 16.5. The third kappa shape index (κ3) is 2.70. The van der Waals surface area contributed by atoms with Gasteiger partial charge in [-0.2, -0.15) is 0 Å². The Balaban J connectivity index is 2.76. The van der Waals surface area contributed by atoms with Crippen LogP contribution in [0.1, 0.15) is 31.5 Å². The van der Waals surface area contributed by atoms with Crippen molar-refractivity contribution in [1.29, 1.82) is 0 Å². The second-order valence-corrected chi connectivity index (χ2v) is 3.43. The highest BCUT2D eigenvalue weighted by molar-refractivity contribution is 5.24. The fraction of sp³-hybridized carbons (Fsp3) is 0.545. The van der Waals surface area contributed by atoms with E-state index < -0.39 is 0 Å². The SMILES string of the molecule is CCC(C)Oc1ccc(CN)c(C)n1. The number of rotatable bonds is 4. The van der Waals surface area contributed by atoms with Crippen molar-refractivity contribution in [3.63, 3.8) is 0 Å². The molecule has 0 radical (unpaired) electrons. The lowest BCUT2D eigenvalue weighted by atomic mass is 10.2. The van der Waals surface area contributed by atoms with Gasteiger partial charge in [0.1, 0.15) is 0 Å². The largest absolute Gasteiger partial charge is 0.475 e. The quantitative estimate of drug-likeness (QED) is 0.797. The van der Waals surface area contributed by atoms with E-state index in [0.29, 0.717) is 12.4 Å². The standard InChI is InChI=1S/C11H18N2O/c1-4-8(2)14-11-6-5-10(7-12)9(3)13-11/h5-6,8H,4,7,12H2,1-3H3. The number of pyridine rings is 1. The Morgan fingerprint density at radius 3 is 2.71 bits per heavy atom. The average Bonchev–Trinajstić information content (AvgIpc) is 2.18. The molecule has 0 bridgehead atoms. The summed E-state index contributed by atoms with van der Waals surface area (Å²) < 4.78 is 5.59. The Bertz CT molecular complexity index is 299. The van der Waals surface area contributed by atoms with Crippen molar-refractivity contribution in [2.24, 2.45) is 5.73 Å². The van der Waals surface area contributed by atoms with Crippen LogP contribution in [-0.2, 0) is 6.54 Å². The Hall–Kier alpha value is -1.09. The number of nitrogens with two attached hydrogens (primary N) is 1. The summed E-state index contributed by atoms with van der Waals surface area (Å²) in [5, 5.41) is 0. The van der Waals surface area contributed by atoms with E-state index in [4.69, 9.17) is 10.5 Å². The maximum Gasteiger partial charge on any atom is 0.213 e. The second kappa shape index (κ2) is 4.96. The Morgan fingerprint density at radius 1 is 1.50 bits per heavy atom. The predicted octanol–water partition coefficient (Wildman–Crippen LogP) is 2.03. The van der Waals surface area contributed by atoms with E-state index in [-0.39, 0.29) is 6.10 Å². The van der Waals surface area contributed by atoms with Crippen LogP contribution in [0.3, 0.4) is 0 Å². The van der Waals surface area contributed by atoms with Gasteiger partial charge in [0.25, 0.3) is 0 Å². The molecule has 0 saturated carbocycles. The molecule has 1 rings (SSSR count). The molecule has 0 aliphatic rings. The van der Waals surface area contributed by atoms with E-state index in [9.17, 15) is 0 Å². The summed E-state index contributed by atoms with van der Waals surface area (Å²) in [4.78, 5) is 4.33. The molecule has 1 heterocycles. The van der Waals surface area contributed by atoms with Gasteiger partial charge >= 0.3 is 0 Å². The van der Waals surface area contributed by atoms with Gasteiger partial charge in [-0.3, -0.25) is 0 Å². The molecule has 0 fully saturated rings. The van der Waals surface area contributed by atoms with Crippen LogP contribution in [0, 0.1) is 6.92 Å². The zero-order valence-electron chi connectivity index (χ0n) is 9.08. The first kappa shape index (κ1) is 11.0. The first-order valence-electron chi connectivity index (χ1n) is 5.00. The van der Waals surface area contributed by atoms with Gasteiger partial charge in [0.05, 0.1) is 6.10 Å². The first-order valence-corrected chi connectivity index (χ1v) is 5.00. The topological polar surface area (TPSA) is 48.1 Å². The number of nitrogens with zero attached hydrogens (tertiary/aromatic N) is 1. The third-order valence-corrected chi connectivity index (χ3v) is 2.29. The number of ether oxygens (including phenoxy) is 1. The number of aryl methyl sites for hydroxylation is 1. The van der Waals surface area contributed by atoms with Crippen molar-refractivity contribution >= 4 is 0 Å². The summed E-state index contributed by atoms with van der Waals surface area (Å²) in [5.41, 5.74) is 7.57. The van der Waals surface area contributed by atoms with Crippen LogP contribution < -0.4 is 10.5 Å². The molecule has 1 unspecified atom stereocenters. The number of aromatic nitrogens is 1. The third-order valence-electron chi connectivity index (χ3n) is 2.29. The molecule has 0 aromatic carbocycles. The highest BCUT2D eigenvalue weighted by Gasteiger charge is 2.04. The van der Waals surface area contributed by atoms with E-state index in [1.165, 1.54) is 0 Å². The molecule has 3 heteroatoms. The predicted molar refractivity (Wildman–Crippen MR) is 57.2 cm³/mol. The summed E-state index contributed by atoms with van der Waals surface area (Å²) in [6, 6.07) is 3.85. The first-order chi connectivity index (χ1) is 6.67.